The van der Waals surface area contributed by atoms with E-state index >= 15 is 0 Å². The molecule has 0 aliphatic carbocycles. The van der Waals surface area contributed by atoms with Crippen molar-refractivity contribution >= 4 is 17.7 Å². The maximum absolute atomic E-state index is 11.7. The molecule has 0 unspecified atom stereocenters. The van der Waals surface area contributed by atoms with Crippen LogP contribution in [0.15, 0.2) is 24.3 Å². The number of hydrogen-bond donors (Lipinski definition) is 3. The highest BCUT2D eigenvalue weighted by Gasteiger charge is 2.17. The van der Waals surface area contributed by atoms with Gasteiger partial charge in [-0.2, -0.15) is 0 Å². The highest BCUT2D eigenvalue weighted by Crippen LogP contribution is 2.23. The molecule has 2 amide bonds. The van der Waals surface area contributed by atoms with Gasteiger partial charge in [0.2, 0.25) is 0 Å². The van der Waals surface area contributed by atoms with Crippen molar-refractivity contribution in [2.45, 2.75) is 45.6 Å². The van der Waals surface area contributed by atoms with Gasteiger partial charge in [0.1, 0.15) is 6.04 Å². The zero-order valence-electron chi connectivity index (χ0n) is 12.4. The number of carboxylic acid groups (broad SMARTS) is 1. The van der Waals surface area contributed by atoms with Crippen molar-refractivity contribution in [1.29, 1.82) is 0 Å². The Kier molecular flexibility index (Phi) is 5.13. The van der Waals surface area contributed by atoms with E-state index in [0.29, 0.717) is 12.1 Å². The Morgan fingerprint density at radius 3 is 2.15 bits per heavy atom. The van der Waals surface area contributed by atoms with Gasteiger partial charge in [0.15, 0.2) is 0 Å². The number of amides is 2. The van der Waals surface area contributed by atoms with Crippen LogP contribution in [-0.4, -0.2) is 23.1 Å². The Bertz CT molecular complexity index is 475. The normalized spacial score (nSPS) is 12.6. The van der Waals surface area contributed by atoms with Gasteiger partial charge in [0.25, 0.3) is 0 Å². The Morgan fingerprint density at radius 2 is 1.75 bits per heavy atom. The molecule has 3 N–H and O–H groups in total. The zero-order chi connectivity index (χ0) is 15.3. The minimum atomic E-state index is -1.04. The topological polar surface area (TPSA) is 78.4 Å². The third kappa shape index (κ3) is 4.57. The molecule has 0 spiro atoms. The van der Waals surface area contributed by atoms with Crippen LogP contribution in [0.1, 0.15) is 39.7 Å². The molecule has 0 aromatic heterocycles. The number of benzene rings is 1. The van der Waals surface area contributed by atoms with Gasteiger partial charge < -0.3 is 15.7 Å². The number of nitrogens with one attached hydrogen (secondary N) is 2. The molecular weight excluding hydrogens is 256 g/mol. The van der Waals surface area contributed by atoms with Crippen molar-refractivity contribution in [1.82, 2.24) is 5.32 Å². The first-order valence-corrected chi connectivity index (χ1v) is 6.65. The minimum Gasteiger partial charge on any atom is -0.480 e. The number of aliphatic carboxylic acids is 1. The number of carbonyl (C=O) groups excluding carboxylic acids is 1. The molecule has 110 valence electrons. The first kappa shape index (κ1) is 16.0. The number of anilines is 1. The van der Waals surface area contributed by atoms with E-state index in [0.717, 1.165) is 0 Å². The zero-order valence-corrected chi connectivity index (χ0v) is 12.4. The molecule has 1 rings (SSSR count). The minimum absolute atomic E-state index is 0.0530. The third-order valence-electron chi connectivity index (χ3n) is 3.02. The second-order valence-electron chi connectivity index (χ2n) is 5.72. The molecular formula is C15H22N2O3. The molecule has 5 heteroatoms. The SMILES string of the molecule is CC[C@@H](NC(=O)Nc1ccc(C(C)(C)C)cc1)C(=O)O. The van der Waals surface area contributed by atoms with Crippen LogP contribution in [0.4, 0.5) is 10.5 Å². The summed E-state index contributed by atoms with van der Waals surface area (Å²) in [4.78, 5) is 22.5. The predicted molar refractivity (Wildman–Crippen MR) is 79.0 cm³/mol. The smallest absolute Gasteiger partial charge is 0.326 e. The van der Waals surface area contributed by atoms with Gasteiger partial charge in [0, 0.05) is 5.69 Å². The summed E-state index contributed by atoms with van der Waals surface area (Å²) in [6.45, 7) is 8.04. The van der Waals surface area contributed by atoms with E-state index < -0.39 is 18.0 Å². The number of rotatable bonds is 4. The maximum Gasteiger partial charge on any atom is 0.326 e. The second kappa shape index (κ2) is 6.41. The summed E-state index contributed by atoms with van der Waals surface area (Å²) in [6.07, 6.45) is 0.339. The summed E-state index contributed by atoms with van der Waals surface area (Å²) < 4.78 is 0. The summed E-state index contributed by atoms with van der Waals surface area (Å²) in [5, 5.41) is 13.9. The van der Waals surface area contributed by atoms with Gasteiger partial charge in [-0.05, 0) is 29.5 Å². The molecule has 0 saturated carbocycles. The molecule has 0 saturated heterocycles. The van der Waals surface area contributed by atoms with Crippen molar-refractivity contribution < 1.29 is 14.7 Å². The van der Waals surface area contributed by atoms with E-state index in [1.807, 2.05) is 24.3 Å². The van der Waals surface area contributed by atoms with Crippen LogP contribution >= 0.6 is 0 Å². The average molecular weight is 278 g/mol. The maximum atomic E-state index is 11.7. The molecule has 0 bridgehead atoms. The first-order chi connectivity index (χ1) is 9.24. The lowest BCUT2D eigenvalue weighted by molar-refractivity contribution is -0.139. The molecule has 1 aromatic carbocycles. The molecule has 5 nitrogen and oxygen atoms in total. The van der Waals surface area contributed by atoms with Crippen LogP contribution in [0.3, 0.4) is 0 Å². The summed E-state index contributed by atoms with van der Waals surface area (Å²) in [5.74, 6) is -1.04. The number of urea groups is 1. The van der Waals surface area contributed by atoms with E-state index in [1.165, 1.54) is 5.56 Å². The number of hydrogen-bond acceptors (Lipinski definition) is 2. The largest absolute Gasteiger partial charge is 0.480 e. The highest BCUT2D eigenvalue weighted by molar-refractivity contribution is 5.92. The highest BCUT2D eigenvalue weighted by atomic mass is 16.4. The Hall–Kier alpha value is -2.04. The Balaban J connectivity index is 2.65. The van der Waals surface area contributed by atoms with Crippen molar-refractivity contribution in [2.24, 2.45) is 0 Å². The molecule has 0 aliphatic heterocycles. The standard InChI is InChI=1S/C15H22N2O3/c1-5-12(13(18)19)17-14(20)16-11-8-6-10(7-9-11)15(2,3)4/h6-9,12H,5H2,1-4H3,(H,18,19)(H2,16,17,20)/t12-/m1/s1. The Labute approximate surface area is 119 Å². The van der Waals surface area contributed by atoms with Crippen LogP contribution in [0.25, 0.3) is 0 Å². The van der Waals surface area contributed by atoms with Crippen molar-refractivity contribution in [3.05, 3.63) is 29.8 Å². The van der Waals surface area contributed by atoms with Crippen LogP contribution < -0.4 is 10.6 Å². The van der Waals surface area contributed by atoms with E-state index in [-0.39, 0.29) is 5.41 Å². The lowest BCUT2D eigenvalue weighted by atomic mass is 9.87. The monoisotopic (exact) mass is 278 g/mol. The Morgan fingerprint density at radius 1 is 1.20 bits per heavy atom. The molecule has 20 heavy (non-hydrogen) atoms. The number of carboxylic acids is 1. The lowest BCUT2D eigenvalue weighted by Crippen LogP contribution is -2.42. The van der Waals surface area contributed by atoms with E-state index in [2.05, 4.69) is 31.4 Å². The van der Waals surface area contributed by atoms with Crippen LogP contribution in [0.5, 0.6) is 0 Å². The summed E-state index contributed by atoms with van der Waals surface area (Å²) in [7, 11) is 0. The van der Waals surface area contributed by atoms with Crippen LogP contribution in [0, 0.1) is 0 Å². The van der Waals surface area contributed by atoms with Gasteiger partial charge in [-0.25, -0.2) is 9.59 Å². The summed E-state index contributed by atoms with van der Waals surface area (Å²) >= 11 is 0. The van der Waals surface area contributed by atoms with Crippen molar-refractivity contribution in [2.75, 3.05) is 5.32 Å². The van der Waals surface area contributed by atoms with Gasteiger partial charge in [-0.15, -0.1) is 0 Å². The van der Waals surface area contributed by atoms with Crippen molar-refractivity contribution in [3.8, 4) is 0 Å². The van der Waals surface area contributed by atoms with E-state index in [4.69, 9.17) is 5.11 Å². The van der Waals surface area contributed by atoms with E-state index in [1.54, 1.807) is 6.92 Å². The van der Waals surface area contributed by atoms with Gasteiger partial charge >= 0.3 is 12.0 Å². The quantitative estimate of drug-likeness (QED) is 0.792. The van der Waals surface area contributed by atoms with E-state index in [9.17, 15) is 9.59 Å². The molecule has 0 radical (unpaired) electrons. The molecule has 1 atom stereocenters. The fourth-order valence-corrected chi connectivity index (χ4v) is 1.72. The average Bonchev–Trinajstić information content (AvgIpc) is 2.35. The molecule has 1 aromatic rings. The third-order valence-corrected chi connectivity index (χ3v) is 3.02. The molecule has 0 heterocycles. The summed E-state index contributed by atoms with van der Waals surface area (Å²) in [5.41, 5.74) is 1.85. The first-order valence-electron chi connectivity index (χ1n) is 6.65. The van der Waals surface area contributed by atoms with Gasteiger partial charge in [-0.3, -0.25) is 0 Å². The van der Waals surface area contributed by atoms with Gasteiger partial charge in [0.05, 0.1) is 0 Å². The second-order valence-corrected chi connectivity index (χ2v) is 5.72. The van der Waals surface area contributed by atoms with Crippen LogP contribution in [-0.2, 0) is 10.2 Å². The number of carbonyl (C=O) groups is 2. The molecule has 0 fully saturated rings. The lowest BCUT2D eigenvalue weighted by Gasteiger charge is -2.19. The van der Waals surface area contributed by atoms with Gasteiger partial charge in [-0.1, -0.05) is 39.8 Å². The van der Waals surface area contributed by atoms with Crippen LogP contribution in [0.2, 0.25) is 0 Å². The molecule has 0 aliphatic rings. The fourth-order valence-electron chi connectivity index (χ4n) is 1.72. The van der Waals surface area contributed by atoms with Crippen molar-refractivity contribution in [3.63, 3.8) is 0 Å². The predicted octanol–water partition coefficient (Wildman–Crippen LogP) is 2.97. The summed E-state index contributed by atoms with van der Waals surface area (Å²) in [6, 6.07) is 6.13. The fraction of sp³-hybridized carbons (Fsp3) is 0.467.